The lowest BCUT2D eigenvalue weighted by molar-refractivity contribution is -0.769. The second-order valence-electron chi connectivity index (χ2n) is 8.18. The third-order valence-corrected chi connectivity index (χ3v) is 5.70. The number of hydrogen-bond acceptors (Lipinski definition) is 11. The van der Waals surface area contributed by atoms with E-state index in [-0.39, 0.29) is 13.2 Å². The highest BCUT2D eigenvalue weighted by Gasteiger charge is 2.51. The Hall–Kier alpha value is -2.32. The van der Waals surface area contributed by atoms with Gasteiger partial charge in [-0.25, -0.2) is 4.79 Å². The van der Waals surface area contributed by atoms with Crippen LogP contribution < -0.4 is 5.32 Å². The number of nitrogens with zero attached hydrogens (tertiary/aromatic N) is 2. The molecule has 2 amide bonds. The number of nitrogens with one attached hydrogen (secondary N) is 1. The fraction of sp³-hybridized carbons (Fsp3) is 0.824. The Morgan fingerprint density at radius 3 is 2.48 bits per heavy atom. The van der Waals surface area contributed by atoms with Gasteiger partial charge in [-0.15, -0.1) is 21.9 Å². The van der Waals surface area contributed by atoms with Crippen molar-refractivity contribution in [1.29, 1.82) is 0 Å². The Morgan fingerprint density at radius 2 is 1.84 bits per heavy atom. The minimum absolute atomic E-state index is 0.00171. The summed E-state index contributed by atoms with van der Waals surface area (Å²) < 4.78 is 21.4. The minimum atomic E-state index is -0.920. The lowest BCUT2D eigenvalue weighted by atomic mass is 10.1. The van der Waals surface area contributed by atoms with Gasteiger partial charge in [-0.3, -0.25) is 14.5 Å². The maximum atomic E-state index is 12.5. The van der Waals surface area contributed by atoms with Gasteiger partial charge in [-0.2, -0.15) is 0 Å². The third kappa shape index (κ3) is 5.89. The number of fused-ring (bicyclic) bond motifs is 1. The first-order chi connectivity index (χ1) is 14.5. The molecule has 0 aliphatic carbocycles. The molecular formula is C17H25N3O10S. The molecule has 13 nitrogen and oxygen atoms in total. The Balaban J connectivity index is 1.45. The lowest BCUT2D eigenvalue weighted by Gasteiger charge is -2.27. The Morgan fingerprint density at radius 1 is 1.19 bits per heavy atom. The zero-order chi connectivity index (χ0) is 22.8. The molecule has 0 spiro atoms. The molecule has 5 atom stereocenters. The molecule has 3 saturated heterocycles. The molecule has 14 heteroatoms. The van der Waals surface area contributed by atoms with Crippen LogP contribution in [0.4, 0.5) is 4.79 Å². The number of hydrogen-bond donors (Lipinski definition) is 1. The molecule has 3 fully saturated rings. The monoisotopic (exact) mass is 463 g/mol. The molecule has 31 heavy (non-hydrogen) atoms. The van der Waals surface area contributed by atoms with E-state index in [4.69, 9.17) is 18.9 Å². The molecule has 0 radical (unpaired) electrons. The van der Waals surface area contributed by atoms with E-state index in [9.17, 15) is 24.5 Å². The fourth-order valence-electron chi connectivity index (χ4n) is 3.38. The summed E-state index contributed by atoms with van der Waals surface area (Å²) in [6.45, 7) is 4.73. The zero-order valence-electron chi connectivity index (χ0n) is 17.3. The van der Waals surface area contributed by atoms with Gasteiger partial charge < -0.3 is 29.1 Å². The molecule has 3 aliphatic heterocycles. The van der Waals surface area contributed by atoms with Crippen LogP contribution in [-0.2, 0) is 33.4 Å². The number of carbonyl (C=O) groups is 3. The van der Waals surface area contributed by atoms with E-state index >= 15 is 0 Å². The summed E-state index contributed by atoms with van der Waals surface area (Å²) in [4.78, 5) is 53.3. The van der Waals surface area contributed by atoms with Crippen molar-refractivity contribution in [3.63, 3.8) is 0 Å². The quantitative estimate of drug-likeness (QED) is 0.313. The standard InChI is InChI=1S/C17H25N3O10S/c1-17(2,3)29-16(23)19-8-31-7-9(19)15(22)18-4-12(21)28-10-5-26-14-11(30-20(24)25)6-27-13(10)14/h9-11,13-14H,4-8H2,1-3H3,(H,18,22)/t9?,10-,11+,13+,14+/m0/s1. The molecular weight excluding hydrogens is 438 g/mol. The van der Waals surface area contributed by atoms with Gasteiger partial charge in [-0.05, 0) is 20.8 Å². The Bertz CT molecular complexity index is 729. The number of amides is 2. The molecule has 3 aliphatic rings. The first kappa shape index (κ1) is 23.3. The molecule has 3 heterocycles. The zero-order valence-corrected chi connectivity index (χ0v) is 18.1. The molecule has 0 aromatic carbocycles. The average molecular weight is 463 g/mol. The van der Waals surface area contributed by atoms with Crippen molar-refractivity contribution < 1.29 is 43.3 Å². The highest BCUT2D eigenvalue weighted by molar-refractivity contribution is 7.99. The van der Waals surface area contributed by atoms with Crippen molar-refractivity contribution >= 4 is 29.7 Å². The molecule has 174 valence electrons. The number of carbonyl (C=O) groups excluding carboxylic acids is 3. The van der Waals surface area contributed by atoms with Gasteiger partial charge in [0.15, 0.2) is 12.2 Å². The average Bonchev–Trinajstić information content (AvgIpc) is 3.36. The van der Waals surface area contributed by atoms with Crippen molar-refractivity contribution in [2.75, 3.05) is 31.4 Å². The second kappa shape index (κ2) is 9.44. The lowest BCUT2D eigenvalue weighted by Crippen LogP contribution is -2.50. The van der Waals surface area contributed by atoms with E-state index in [0.717, 1.165) is 0 Å². The summed E-state index contributed by atoms with van der Waals surface area (Å²) in [7, 11) is 0. The fourth-order valence-corrected chi connectivity index (χ4v) is 4.52. The number of ether oxygens (including phenoxy) is 4. The van der Waals surface area contributed by atoms with Crippen LogP contribution >= 0.6 is 11.8 Å². The molecule has 1 unspecified atom stereocenters. The van der Waals surface area contributed by atoms with Crippen molar-refractivity contribution in [2.24, 2.45) is 0 Å². The van der Waals surface area contributed by atoms with Gasteiger partial charge >= 0.3 is 12.1 Å². The largest absolute Gasteiger partial charge is 0.456 e. The normalized spacial score (nSPS) is 29.9. The highest BCUT2D eigenvalue weighted by atomic mass is 32.2. The van der Waals surface area contributed by atoms with Crippen LogP contribution in [0.5, 0.6) is 0 Å². The van der Waals surface area contributed by atoms with E-state index in [1.807, 2.05) is 0 Å². The summed E-state index contributed by atoms with van der Waals surface area (Å²) in [6, 6.07) is -0.759. The topological polar surface area (TPSA) is 156 Å². The summed E-state index contributed by atoms with van der Waals surface area (Å²) in [5.41, 5.74) is -0.692. The maximum Gasteiger partial charge on any atom is 0.411 e. The van der Waals surface area contributed by atoms with Crippen LogP contribution in [-0.4, -0.2) is 95.4 Å². The minimum Gasteiger partial charge on any atom is -0.456 e. The number of thioether (sulfide) groups is 1. The van der Waals surface area contributed by atoms with Gasteiger partial charge in [0.25, 0.3) is 5.09 Å². The summed E-state index contributed by atoms with van der Waals surface area (Å²) in [5, 5.41) is 12.1. The molecule has 0 bridgehead atoms. The predicted molar refractivity (Wildman–Crippen MR) is 103 cm³/mol. The summed E-state index contributed by atoms with van der Waals surface area (Å²) in [6.07, 6.45) is -3.65. The SMILES string of the molecule is CC(C)(C)OC(=O)N1CSCC1C(=O)NCC(=O)O[C@H]1CO[C@H]2[C@@H]1OC[C@H]2O[N+](=O)[O-]. The van der Waals surface area contributed by atoms with Crippen LogP contribution in [0.2, 0.25) is 0 Å². The molecule has 0 saturated carbocycles. The first-order valence-corrected chi connectivity index (χ1v) is 10.8. The van der Waals surface area contributed by atoms with Gasteiger partial charge in [0.1, 0.15) is 30.4 Å². The van der Waals surface area contributed by atoms with Gasteiger partial charge in [0, 0.05) is 5.75 Å². The van der Waals surface area contributed by atoms with E-state index in [2.05, 4.69) is 10.2 Å². The van der Waals surface area contributed by atoms with Crippen molar-refractivity contribution in [1.82, 2.24) is 10.2 Å². The molecule has 3 rings (SSSR count). The van der Waals surface area contributed by atoms with Gasteiger partial charge in [-0.1, -0.05) is 0 Å². The third-order valence-electron chi connectivity index (χ3n) is 4.69. The van der Waals surface area contributed by atoms with Crippen LogP contribution in [0, 0.1) is 10.1 Å². The van der Waals surface area contributed by atoms with Crippen molar-refractivity contribution in [3.05, 3.63) is 10.1 Å². The Labute approximate surface area is 182 Å². The van der Waals surface area contributed by atoms with Crippen LogP contribution in [0.3, 0.4) is 0 Å². The van der Waals surface area contributed by atoms with Gasteiger partial charge in [0.2, 0.25) is 5.91 Å². The predicted octanol–water partition coefficient (Wildman–Crippen LogP) is -0.301. The highest BCUT2D eigenvalue weighted by Crippen LogP contribution is 2.30. The van der Waals surface area contributed by atoms with E-state index in [0.29, 0.717) is 11.6 Å². The first-order valence-electron chi connectivity index (χ1n) is 9.64. The van der Waals surface area contributed by atoms with Crippen LogP contribution in [0.25, 0.3) is 0 Å². The number of rotatable bonds is 6. The Kier molecular flexibility index (Phi) is 7.11. The summed E-state index contributed by atoms with van der Waals surface area (Å²) >= 11 is 1.40. The van der Waals surface area contributed by atoms with E-state index < -0.39 is 65.7 Å². The number of esters is 1. The van der Waals surface area contributed by atoms with Crippen molar-refractivity contribution in [2.45, 2.75) is 56.8 Å². The van der Waals surface area contributed by atoms with E-state index in [1.54, 1.807) is 20.8 Å². The maximum absolute atomic E-state index is 12.5. The van der Waals surface area contributed by atoms with Crippen molar-refractivity contribution in [3.8, 4) is 0 Å². The second-order valence-corrected chi connectivity index (χ2v) is 9.18. The van der Waals surface area contributed by atoms with Crippen LogP contribution in [0.15, 0.2) is 0 Å². The molecule has 0 aromatic rings. The molecule has 0 aromatic heterocycles. The van der Waals surface area contributed by atoms with Gasteiger partial charge in [0.05, 0.1) is 19.1 Å². The van der Waals surface area contributed by atoms with Crippen LogP contribution in [0.1, 0.15) is 20.8 Å². The summed E-state index contributed by atoms with van der Waals surface area (Å²) in [5.74, 6) is -0.527. The van der Waals surface area contributed by atoms with E-state index in [1.165, 1.54) is 16.7 Å². The smallest absolute Gasteiger partial charge is 0.411 e. The molecule has 1 N–H and O–H groups in total.